The SMILES string of the molecule is Cn1cc(C(=O)C2(CN)CCC2)nn1. The van der Waals surface area contributed by atoms with E-state index in [1.165, 1.54) is 4.68 Å². The summed E-state index contributed by atoms with van der Waals surface area (Å²) in [7, 11) is 1.75. The number of carbonyl (C=O) groups excluding carboxylic acids is 1. The van der Waals surface area contributed by atoms with Crippen molar-refractivity contribution >= 4 is 5.78 Å². The predicted molar refractivity (Wildman–Crippen MR) is 50.7 cm³/mol. The van der Waals surface area contributed by atoms with Crippen molar-refractivity contribution < 1.29 is 4.79 Å². The molecule has 0 radical (unpaired) electrons. The molecule has 14 heavy (non-hydrogen) atoms. The van der Waals surface area contributed by atoms with Crippen LogP contribution in [0.1, 0.15) is 29.8 Å². The molecule has 0 amide bonds. The maximum absolute atomic E-state index is 12.0. The second kappa shape index (κ2) is 3.16. The highest BCUT2D eigenvalue weighted by atomic mass is 16.1. The van der Waals surface area contributed by atoms with Gasteiger partial charge in [-0.3, -0.25) is 9.48 Å². The van der Waals surface area contributed by atoms with Gasteiger partial charge in [0, 0.05) is 19.0 Å². The molecule has 1 aromatic heterocycles. The van der Waals surface area contributed by atoms with Crippen molar-refractivity contribution in [2.45, 2.75) is 19.3 Å². The first kappa shape index (κ1) is 9.33. The van der Waals surface area contributed by atoms with Gasteiger partial charge in [-0.25, -0.2) is 0 Å². The zero-order chi connectivity index (χ0) is 10.2. The molecule has 1 aliphatic rings. The van der Waals surface area contributed by atoms with Gasteiger partial charge in [0.1, 0.15) is 5.69 Å². The molecule has 1 aliphatic carbocycles. The van der Waals surface area contributed by atoms with E-state index in [0.29, 0.717) is 12.2 Å². The average molecular weight is 194 g/mol. The predicted octanol–water partition coefficient (Wildman–Crippen LogP) is 0.127. The molecular weight excluding hydrogens is 180 g/mol. The maximum atomic E-state index is 12.0. The summed E-state index contributed by atoms with van der Waals surface area (Å²) in [5, 5.41) is 7.57. The molecule has 76 valence electrons. The van der Waals surface area contributed by atoms with Crippen molar-refractivity contribution in [3.05, 3.63) is 11.9 Å². The highest BCUT2D eigenvalue weighted by molar-refractivity contribution is 5.99. The fourth-order valence-electron chi connectivity index (χ4n) is 1.85. The highest BCUT2D eigenvalue weighted by Gasteiger charge is 2.44. The molecule has 0 spiro atoms. The quantitative estimate of drug-likeness (QED) is 0.694. The number of Topliss-reactive ketones (excluding diaryl/α,β-unsaturated/α-hetero) is 1. The molecule has 0 aliphatic heterocycles. The topological polar surface area (TPSA) is 73.8 Å². The van der Waals surface area contributed by atoms with Crippen LogP contribution in [0.5, 0.6) is 0 Å². The largest absolute Gasteiger partial charge is 0.329 e. The Morgan fingerprint density at radius 2 is 2.43 bits per heavy atom. The van der Waals surface area contributed by atoms with E-state index < -0.39 is 0 Å². The molecule has 5 heteroatoms. The fourth-order valence-corrected chi connectivity index (χ4v) is 1.85. The van der Waals surface area contributed by atoms with E-state index in [1.807, 2.05) is 0 Å². The third kappa shape index (κ3) is 1.24. The summed E-state index contributed by atoms with van der Waals surface area (Å²) < 4.78 is 1.54. The molecule has 5 nitrogen and oxygen atoms in total. The molecule has 2 N–H and O–H groups in total. The van der Waals surface area contributed by atoms with Crippen LogP contribution < -0.4 is 5.73 Å². The lowest BCUT2D eigenvalue weighted by atomic mass is 9.65. The standard InChI is InChI=1S/C9H14N4O/c1-13-5-7(11-12-13)8(14)9(6-10)3-2-4-9/h5H,2-4,6,10H2,1H3. The average Bonchev–Trinajstić information content (AvgIpc) is 2.50. The van der Waals surface area contributed by atoms with Crippen LogP contribution in [0.3, 0.4) is 0 Å². The number of rotatable bonds is 3. The second-order valence-corrected chi connectivity index (χ2v) is 3.94. The summed E-state index contributed by atoms with van der Waals surface area (Å²) in [6, 6.07) is 0. The van der Waals surface area contributed by atoms with E-state index in [4.69, 9.17) is 5.73 Å². The van der Waals surface area contributed by atoms with E-state index in [9.17, 15) is 4.79 Å². The van der Waals surface area contributed by atoms with Crippen LogP contribution in [0.4, 0.5) is 0 Å². The number of aryl methyl sites for hydroxylation is 1. The summed E-state index contributed by atoms with van der Waals surface area (Å²) in [6.45, 7) is 0.419. The monoisotopic (exact) mass is 194 g/mol. The minimum atomic E-state index is -0.337. The Morgan fingerprint density at radius 1 is 1.71 bits per heavy atom. The molecule has 1 heterocycles. The van der Waals surface area contributed by atoms with Gasteiger partial charge in [0.2, 0.25) is 0 Å². The molecular formula is C9H14N4O. The summed E-state index contributed by atoms with van der Waals surface area (Å²) in [6.07, 6.45) is 4.51. The van der Waals surface area contributed by atoms with Crippen LogP contribution in [0.15, 0.2) is 6.20 Å². The van der Waals surface area contributed by atoms with Gasteiger partial charge in [-0.1, -0.05) is 11.6 Å². The number of ketones is 1. The van der Waals surface area contributed by atoms with Crippen molar-refractivity contribution in [3.63, 3.8) is 0 Å². The Bertz CT molecular complexity index is 348. The van der Waals surface area contributed by atoms with Crippen LogP contribution >= 0.6 is 0 Å². The Labute approximate surface area is 82.3 Å². The van der Waals surface area contributed by atoms with Gasteiger partial charge in [-0.2, -0.15) is 0 Å². The van der Waals surface area contributed by atoms with E-state index in [-0.39, 0.29) is 11.2 Å². The molecule has 1 saturated carbocycles. The first-order chi connectivity index (χ1) is 6.68. The lowest BCUT2D eigenvalue weighted by molar-refractivity contribution is 0.0630. The number of nitrogens with two attached hydrogens (primary N) is 1. The second-order valence-electron chi connectivity index (χ2n) is 3.94. The van der Waals surface area contributed by atoms with Gasteiger partial charge >= 0.3 is 0 Å². The summed E-state index contributed by atoms with van der Waals surface area (Å²) in [5.41, 5.74) is 5.74. The summed E-state index contributed by atoms with van der Waals surface area (Å²) >= 11 is 0. The van der Waals surface area contributed by atoms with Crippen LogP contribution in [-0.4, -0.2) is 27.3 Å². The maximum Gasteiger partial charge on any atom is 0.192 e. The molecule has 0 aromatic carbocycles. The van der Waals surface area contributed by atoms with Crippen LogP contribution in [0.25, 0.3) is 0 Å². The first-order valence-corrected chi connectivity index (χ1v) is 4.79. The third-order valence-corrected chi connectivity index (χ3v) is 3.02. The van der Waals surface area contributed by atoms with Crippen LogP contribution in [-0.2, 0) is 7.05 Å². The van der Waals surface area contributed by atoms with Crippen molar-refractivity contribution in [1.29, 1.82) is 0 Å². The van der Waals surface area contributed by atoms with Crippen molar-refractivity contribution in [1.82, 2.24) is 15.0 Å². The molecule has 1 aromatic rings. The van der Waals surface area contributed by atoms with Crippen molar-refractivity contribution in [3.8, 4) is 0 Å². The van der Waals surface area contributed by atoms with Gasteiger partial charge in [-0.15, -0.1) is 5.10 Å². The summed E-state index contributed by atoms with van der Waals surface area (Å²) in [4.78, 5) is 12.0. The Morgan fingerprint density at radius 3 is 2.79 bits per heavy atom. The van der Waals surface area contributed by atoms with Crippen LogP contribution in [0.2, 0.25) is 0 Å². The van der Waals surface area contributed by atoms with Gasteiger partial charge in [0.05, 0.1) is 6.20 Å². The molecule has 0 saturated heterocycles. The lowest BCUT2D eigenvalue weighted by Crippen LogP contribution is -2.44. The van der Waals surface area contributed by atoms with E-state index in [2.05, 4.69) is 10.3 Å². The number of hydrogen-bond acceptors (Lipinski definition) is 4. The number of aromatic nitrogens is 3. The van der Waals surface area contributed by atoms with E-state index in [1.54, 1.807) is 13.2 Å². The molecule has 0 bridgehead atoms. The van der Waals surface area contributed by atoms with Gasteiger partial charge in [0.15, 0.2) is 5.78 Å². The fraction of sp³-hybridized carbons (Fsp3) is 0.667. The Balaban J connectivity index is 2.23. The number of nitrogens with zero attached hydrogens (tertiary/aromatic N) is 3. The van der Waals surface area contributed by atoms with E-state index >= 15 is 0 Å². The van der Waals surface area contributed by atoms with Crippen molar-refractivity contribution in [2.24, 2.45) is 18.2 Å². The Kier molecular flexibility index (Phi) is 2.11. The first-order valence-electron chi connectivity index (χ1n) is 4.79. The number of carbonyl (C=O) groups is 1. The molecule has 1 fully saturated rings. The van der Waals surface area contributed by atoms with E-state index in [0.717, 1.165) is 19.3 Å². The molecule has 0 unspecified atom stereocenters. The Hall–Kier alpha value is -1.23. The number of hydrogen-bond donors (Lipinski definition) is 1. The summed E-state index contributed by atoms with van der Waals surface area (Å²) in [5.74, 6) is 0.0550. The third-order valence-electron chi connectivity index (χ3n) is 3.02. The van der Waals surface area contributed by atoms with Gasteiger partial charge in [-0.05, 0) is 12.8 Å². The van der Waals surface area contributed by atoms with Gasteiger partial charge < -0.3 is 5.73 Å². The lowest BCUT2D eigenvalue weighted by Gasteiger charge is -2.38. The molecule has 2 rings (SSSR count). The minimum Gasteiger partial charge on any atom is -0.329 e. The normalized spacial score (nSPS) is 19.0. The molecule has 0 atom stereocenters. The van der Waals surface area contributed by atoms with Crippen molar-refractivity contribution in [2.75, 3.05) is 6.54 Å². The smallest absolute Gasteiger partial charge is 0.192 e. The highest BCUT2D eigenvalue weighted by Crippen LogP contribution is 2.42. The zero-order valence-electron chi connectivity index (χ0n) is 8.23. The van der Waals surface area contributed by atoms with Crippen LogP contribution in [0, 0.1) is 5.41 Å². The van der Waals surface area contributed by atoms with Gasteiger partial charge in [0.25, 0.3) is 0 Å². The zero-order valence-corrected chi connectivity index (χ0v) is 8.23. The minimum absolute atomic E-state index is 0.0550.